The van der Waals surface area contributed by atoms with Gasteiger partial charge < -0.3 is 15.6 Å². The second-order valence-corrected chi connectivity index (χ2v) is 5.70. The molecule has 8 heteroatoms. The van der Waals surface area contributed by atoms with E-state index in [1.54, 1.807) is 29.4 Å². The highest BCUT2D eigenvalue weighted by Gasteiger charge is 2.50. The Morgan fingerprint density at radius 2 is 2.25 bits per heavy atom. The Hall–Kier alpha value is -1.93. The molecule has 20 heavy (non-hydrogen) atoms. The molecule has 7 nitrogen and oxygen atoms in total. The lowest BCUT2D eigenvalue weighted by Crippen LogP contribution is -2.69. The second-order valence-electron chi connectivity index (χ2n) is 4.59. The number of rotatable bonds is 3. The monoisotopic (exact) mass is 292 g/mol. The Morgan fingerprint density at radius 1 is 1.55 bits per heavy atom. The summed E-state index contributed by atoms with van der Waals surface area (Å²) in [5, 5.41) is 11.1. The molecule has 1 fully saturated rings. The molecule has 0 spiro atoms. The zero-order valence-corrected chi connectivity index (χ0v) is 11.2. The number of carboxylic acid groups (broad SMARTS) is 1. The van der Waals surface area contributed by atoms with Crippen LogP contribution in [0.15, 0.2) is 36.1 Å². The van der Waals surface area contributed by atoms with E-state index >= 15 is 0 Å². The minimum Gasteiger partial charge on any atom is -0.543 e. The quantitative estimate of drug-likeness (QED) is 0.493. The largest absolute Gasteiger partial charge is 0.543 e. The van der Waals surface area contributed by atoms with E-state index in [4.69, 9.17) is 5.73 Å². The highest BCUT2D eigenvalue weighted by atomic mass is 32.2. The van der Waals surface area contributed by atoms with Crippen molar-refractivity contribution >= 4 is 23.6 Å². The van der Waals surface area contributed by atoms with Gasteiger partial charge in [0.05, 0.1) is 24.1 Å². The summed E-state index contributed by atoms with van der Waals surface area (Å²) >= 11 is 1.48. The van der Waals surface area contributed by atoms with E-state index in [0.717, 1.165) is 0 Å². The van der Waals surface area contributed by atoms with E-state index in [-0.39, 0.29) is 17.0 Å². The van der Waals surface area contributed by atoms with Crippen LogP contribution in [0.25, 0.3) is 0 Å². The van der Waals surface area contributed by atoms with Gasteiger partial charge in [-0.2, -0.15) is 4.57 Å². The fraction of sp³-hybridized carbons (Fsp3) is 0.333. The van der Waals surface area contributed by atoms with Crippen LogP contribution in [0, 0.1) is 0 Å². The van der Waals surface area contributed by atoms with Gasteiger partial charge in [0.15, 0.2) is 18.9 Å². The van der Waals surface area contributed by atoms with Crippen molar-refractivity contribution in [2.24, 2.45) is 5.73 Å². The van der Waals surface area contributed by atoms with E-state index in [0.29, 0.717) is 17.9 Å². The standard InChI is InChI=1S/C12H12N4O3S/c13-8-10(17)16-9(12(18)19)7(6-20-11(8)16)5-15-3-1-14-2-4-15/h1-4,8,11H,5-6,13H2/t8?,11-/m0/s1. The molecule has 1 saturated heterocycles. The van der Waals surface area contributed by atoms with E-state index in [2.05, 4.69) is 4.98 Å². The lowest BCUT2D eigenvalue weighted by Gasteiger charge is -2.49. The van der Waals surface area contributed by atoms with Gasteiger partial charge in [0.25, 0.3) is 0 Å². The molecule has 0 bridgehead atoms. The molecule has 2 aliphatic heterocycles. The SMILES string of the molecule is NC1C(=O)N2C(C(=O)[O-])=C(C[n+]3ccncc3)CS[C@@H]12. The molecule has 2 N–H and O–H groups in total. The highest BCUT2D eigenvalue weighted by Crippen LogP contribution is 2.39. The number of hydrogen-bond acceptors (Lipinski definition) is 6. The number of nitrogens with zero attached hydrogens (tertiary/aromatic N) is 3. The topological polar surface area (TPSA) is 103 Å². The first-order valence-electron chi connectivity index (χ1n) is 6.02. The Morgan fingerprint density at radius 3 is 2.90 bits per heavy atom. The first kappa shape index (κ1) is 13.1. The zero-order valence-electron chi connectivity index (χ0n) is 10.4. The average molecular weight is 292 g/mol. The van der Waals surface area contributed by atoms with Crippen molar-refractivity contribution in [3.8, 4) is 0 Å². The third kappa shape index (κ3) is 1.97. The van der Waals surface area contributed by atoms with Crippen LogP contribution in [0.3, 0.4) is 0 Å². The lowest BCUT2D eigenvalue weighted by molar-refractivity contribution is -0.689. The number of β-lactam (4-membered cyclic amide) rings is 1. The summed E-state index contributed by atoms with van der Waals surface area (Å²) in [7, 11) is 0. The van der Waals surface area contributed by atoms with Gasteiger partial charge in [-0.15, -0.1) is 11.8 Å². The maximum Gasteiger partial charge on any atom is 0.248 e. The number of amides is 1. The van der Waals surface area contributed by atoms with E-state index < -0.39 is 12.0 Å². The number of thioether (sulfide) groups is 1. The maximum atomic E-state index is 11.8. The van der Waals surface area contributed by atoms with Gasteiger partial charge in [0.1, 0.15) is 11.4 Å². The number of carbonyl (C=O) groups is 2. The number of carboxylic acids is 1. The van der Waals surface area contributed by atoms with Crippen LogP contribution in [0.2, 0.25) is 0 Å². The van der Waals surface area contributed by atoms with Gasteiger partial charge in [-0.05, 0) is 0 Å². The molecular formula is C12H12N4O3S. The molecule has 104 valence electrons. The number of nitrogens with two attached hydrogens (primary N) is 1. The number of aliphatic carboxylic acids is 1. The van der Waals surface area contributed by atoms with Crippen LogP contribution in [0.5, 0.6) is 0 Å². The molecule has 2 aliphatic rings. The van der Waals surface area contributed by atoms with Gasteiger partial charge >= 0.3 is 0 Å². The van der Waals surface area contributed by atoms with Gasteiger partial charge in [-0.3, -0.25) is 14.7 Å². The number of hydrogen-bond donors (Lipinski definition) is 1. The van der Waals surface area contributed by atoms with Crippen LogP contribution in [0.1, 0.15) is 0 Å². The summed E-state index contributed by atoms with van der Waals surface area (Å²) in [6.07, 6.45) is 6.70. The van der Waals surface area contributed by atoms with Gasteiger partial charge in [-0.1, -0.05) is 0 Å². The third-order valence-electron chi connectivity index (χ3n) is 3.34. The molecule has 1 aromatic rings. The second kappa shape index (κ2) is 4.88. The summed E-state index contributed by atoms with van der Waals surface area (Å²) in [6.45, 7) is 0.380. The maximum absolute atomic E-state index is 11.8. The van der Waals surface area contributed by atoms with E-state index in [1.165, 1.54) is 16.7 Å². The molecule has 0 saturated carbocycles. The Bertz CT molecular complexity index is 604. The summed E-state index contributed by atoms with van der Waals surface area (Å²) in [5.74, 6) is -1.18. The van der Waals surface area contributed by atoms with E-state index in [9.17, 15) is 14.7 Å². The Labute approximate surface area is 119 Å². The molecule has 0 aromatic carbocycles. The molecule has 1 unspecified atom stereocenters. The number of carbonyl (C=O) groups excluding carboxylic acids is 2. The van der Waals surface area contributed by atoms with Crippen LogP contribution < -0.4 is 15.4 Å². The van der Waals surface area contributed by atoms with Crippen LogP contribution in [-0.4, -0.2) is 38.9 Å². The summed E-state index contributed by atoms with van der Waals surface area (Å²) in [5.41, 5.74) is 6.28. The molecular weight excluding hydrogens is 280 g/mol. The summed E-state index contributed by atoms with van der Waals surface area (Å²) in [6, 6.07) is -0.621. The Kier molecular flexibility index (Phi) is 3.19. The molecule has 0 aliphatic carbocycles. The fourth-order valence-electron chi connectivity index (χ4n) is 2.36. The van der Waals surface area contributed by atoms with Crippen molar-refractivity contribution in [1.29, 1.82) is 0 Å². The molecule has 3 rings (SSSR count). The molecule has 3 heterocycles. The van der Waals surface area contributed by atoms with Gasteiger partial charge in [0, 0.05) is 11.3 Å². The first-order valence-corrected chi connectivity index (χ1v) is 7.07. The number of fused-ring (bicyclic) bond motifs is 1. The average Bonchev–Trinajstić information content (AvgIpc) is 2.46. The van der Waals surface area contributed by atoms with E-state index in [1.807, 2.05) is 0 Å². The van der Waals surface area contributed by atoms with Crippen LogP contribution in [-0.2, 0) is 16.1 Å². The molecule has 1 aromatic heterocycles. The first-order chi connectivity index (χ1) is 9.59. The highest BCUT2D eigenvalue weighted by molar-refractivity contribution is 8.00. The van der Waals surface area contributed by atoms with Crippen molar-refractivity contribution in [2.45, 2.75) is 18.0 Å². The minimum absolute atomic E-state index is 0.0373. The lowest BCUT2D eigenvalue weighted by atomic mass is 10.0. The number of aromatic nitrogens is 2. The molecule has 0 radical (unpaired) electrons. The zero-order chi connectivity index (χ0) is 14.3. The fourth-order valence-corrected chi connectivity index (χ4v) is 3.65. The van der Waals surface area contributed by atoms with Crippen molar-refractivity contribution in [3.05, 3.63) is 36.1 Å². The Balaban J connectivity index is 1.94. The van der Waals surface area contributed by atoms with Gasteiger partial charge in [-0.25, -0.2) is 0 Å². The van der Waals surface area contributed by atoms with Crippen molar-refractivity contribution in [2.75, 3.05) is 5.75 Å². The van der Waals surface area contributed by atoms with Crippen molar-refractivity contribution in [1.82, 2.24) is 9.88 Å². The van der Waals surface area contributed by atoms with Crippen molar-refractivity contribution < 1.29 is 19.3 Å². The minimum atomic E-state index is -1.33. The van der Waals surface area contributed by atoms with Crippen LogP contribution in [0.4, 0.5) is 0 Å². The molecule has 1 amide bonds. The third-order valence-corrected chi connectivity index (χ3v) is 4.70. The smallest absolute Gasteiger partial charge is 0.248 e. The van der Waals surface area contributed by atoms with Crippen molar-refractivity contribution in [3.63, 3.8) is 0 Å². The molecule has 2 atom stereocenters. The normalized spacial score (nSPS) is 25.2. The summed E-state index contributed by atoms with van der Waals surface area (Å²) < 4.78 is 1.80. The van der Waals surface area contributed by atoms with Crippen LogP contribution >= 0.6 is 11.8 Å². The van der Waals surface area contributed by atoms with Gasteiger partial charge in [0.2, 0.25) is 5.91 Å². The summed E-state index contributed by atoms with van der Waals surface area (Å²) in [4.78, 5) is 28.3. The predicted octanol–water partition coefficient (Wildman–Crippen LogP) is -2.38. The predicted molar refractivity (Wildman–Crippen MR) is 67.5 cm³/mol.